The van der Waals surface area contributed by atoms with Gasteiger partial charge in [0.05, 0.1) is 4.90 Å². The highest BCUT2D eigenvalue weighted by Crippen LogP contribution is 2.20. The number of carbonyl (C=O) groups is 1. The maximum atomic E-state index is 12.8. The third kappa shape index (κ3) is 5.88. The Hall–Kier alpha value is -4.11. The minimum Gasteiger partial charge on any atom is -0.338 e. The number of rotatable bonds is 7. The molecule has 174 valence electrons. The molecule has 0 aliphatic rings. The van der Waals surface area contributed by atoms with Gasteiger partial charge in [0.1, 0.15) is 11.6 Å². The Morgan fingerprint density at radius 2 is 1.80 bits per heavy atom. The number of thiazole rings is 1. The number of nitrogens with one attached hydrogen (secondary N) is 3. The minimum absolute atomic E-state index is 0.0600. The van der Waals surface area contributed by atoms with E-state index >= 15 is 0 Å². The van der Waals surface area contributed by atoms with Gasteiger partial charge in [-0.25, -0.2) is 13.4 Å². The number of hydrogen-bond acceptors (Lipinski definition) is 7. The van der Waals surface area contributed by atoms with Crippen molar-refractivity contribution in [3.8, 4) is 6.07 Å². The van der Waals surface area contributed by atoms with Crippen LogP contribution in [-0.4, -0.2) is 24.3 Å². The van der Waals surface area contributed by atoms with Crippen LogP contribution in [0, 0.1) is 11.3 Å². The van der Waals surface area contributed by atoms with Gasteiger partial charge in [-0.2, -0.15) is 5.26 Å². The Bertz CT molecular complexity index is 1570. The van der Waals surface area contributed by atoms with Gasteiger partial charge < -0.3 is 10.6 Å². The first-order valence-corrected chi connectivity index (χ1v) is 12.9. The zero-order chi connectivity index (χ0) is 24.8. The Morgan fingerprint density at radius 1 is 1.06 bits per heavy atom. The lowest BCUT2D eigenvalue weighted by Crippen LogP contribution is -2.24. The van der Waals surface area contributed by atoms with E-state index in [1.54, 1.807) is 29.6 Å². The number of carbonyl (C=O) groups excluding carboxylic acids is 1. The largest absolute Gasteiger partial charge is 0.338 e. The maximum Gasteiger partial charge on any atom is 0.263 e. The summed E-state index contributed by atoms with van der Waals surface area (Å²) in [5.74, 6) is -0.434. The van der Waals surface area contributed by atoms with E-state index in [-0.39, 0.29) is 20.7 Å². The van der Waals surface area contributed by atoms with Gasteiger partial charge in [0.25, 0.3) is 10.0 Å². The third-order valence-corrected chi connectivity index (χ3v) is 7.19. The molecule has 4 rings (SSSR count). The summed E-state index contributed by atoms with van der Waals surface area (Å²) in [6.07, 6.45) is 2.74. The molecule has 0 amide bonds. The molecule has 0 saturated heterocycles. The molecule has 3 N–H and O–H groups in total. The van der Waals surface area contributed by atoms with Crippen LogP contribution in [0.3, 0.4) is 0 Å². The van der Waals surface area contributed by atoms with E-state index in [0.29, 0.717) is 11.3 Å². The van der Waals surface area contributed by atoms with E-state index < -0.39 is 15.8 Å². The zero-order valence-electron chi connectivity index (χ0n) is 17.9. The smallest absolute Gasteiger partial charge is 0.263 e. The second kappa shape index (κ2) is 10.4. The first-order chi connectivity index (χ1) is 16.9. The lowest BCUT2D eigenvalue weighted by Gasteiger charge is -2.10. The average Bonchev–Trinajstić information content (AvgIpc) is 3.36. The van der Waals surface area contributed by atoms with Crippen molar-refractivity contribution in [2.24, 2.45) is 0 Å². The minimum atomic E-state index is -3.76. The highest BCUT2D eigenvalue weighted by atomic mass is 32.2. The molecule has 0 spiro atoms. The molecule has 0 saturated carbocycles. The second-order valence-electron chi connectivity index (χ2n) is 7.13. The number of allylic oxidation sites excluding steroid dienone is 1. The number of aromatic nitrogens is 1. The first-order valence-electron chi connectivity index (χ1n) is 10.1. The normalized spacial score (nSPS) is 11.5. The molecular weight excluding hydrogens is 502 g/mol. The monoisotopic (exact) mass is 519 g/mol. The quantitative estimate of drug-likeness (QED) is 0.139. The number of ketones is 1. The van der Waals surface area contributed by atoms with Crippen LogP contribution in [0.25, 0.3) is 10.8 Å². The topological polar surface area (TPSA) is 124 Å². The summed E-state index contributed by atoms with van der Waals surface area (Å²) in [6.45, 7) is 0. The van der Waals surface area contributed by atoms with Crippen molar-refractivity contribution in [3.63, 3.8) is 0 Å². The van der Waals surface area contributed by atoms with Crippen molar-refractivity contribution in [2.75, 3.05) is 10.0 Å². The lowest BCUT2D eigenvalue weighted by atomic mass is 10.0. The van der Waals surface area contributed by atoms with Gasteiger partial charge in [-0.3, -0.25) is 9.52 Å². The number of fused-ring (bicyclic) bond motifs is 1. The van der Waals surface area contributed by atoms with Crippen molar-refractivity contribution in [1.29, 1.82) is 5.26 Å². The molecule has 0 bridgehead atoms. The molecular formula is C24H17N5O3S3. The van der Waals surface area contributed by atoms with E-state index in [4.69, 9.17) is 12.2 Å². The molecule has 4 aromatic rings. The Morgan fingerprint density at radius 3 is 2.49 bits per heavy atom. The number of Topliss-reactive ketones (excluding diaryl/α,β-unsaturated/α-hetero) is 1. The van der Waals surface area contributed by atoms with Crippen molar-refractivity contribution < 1.29 is 13.2 Å². The number of nitrogens with zero attached hydrogens (tertiary/aromatic N) is 2. The van der Waals surface area contributed by atoms with Crippen LogP contribution in [-0.2, 0) is 10.0 Å². The fourth-order valence-corrected chi connectivity index (χ4v) is 5.07. The van der Waals surface area contributed by atoms with E-state index in [1.807, 2.05) is 36.4 Å². The molecule has 0 aliphatic carbocycles. The number of thiocarbonyl (C=S) groups is 1. The molecule has 35 heavy (non-hydrogen) atoms. The van der Waals surface area contributed by atoms with Crippen LogP contribution in [0.1, 0.15) is 10.4 Å². The Labute approximate surface area is 211 Å². The van der Waals surface area contributed by atoms with Crippen LogP contribution in [0.5, 0.6) is 0 Å². The molecule has 8 nitrogen and oxygen atoms in total. The average molecular weight is 520 g/mol. The first kappa shape index (κ1) is 24.0. The molecule has 0 atom stereocenters. The van der Waals surface area contributed by atoms with E-state index in [1.165, 1.54) is 35.9 Å². The third-order valence-electron chi connectivity index (χ3n) is 4.80. The van der Waals surface area contributed by atoms with Gasteiger partial charge in [0.2, 0.25) is 5.78 Å². The zero-order valence-corrected chi connectivity index (χ0v) is 20.4. The van der Waals surface area contributed by atoms with Crippen molar-refractivity contribution >= 4 is 66.1 Å². The molecule has 0 fully saturated rings. The molecule has 0 unspecified atom stereocenters. The maximum absolute atomic E-state index is 12.8. The molecule has 11 heteroatoms. The highest BCUT2D eigenvalue weighted by Gasteiger charge is 2.16. The predicted octanol–water partition coefficient (Wildman–Crippen LogP) is 4.67. The van der Waals surface area contributed by atoms with Crippen LogP contribution in [0.4, 0.5) is 10.8 Å². The number of benzene rings is 3. The SMILES string of the molecule is N#CC(=CNC(=S)Nc1ccc(S(=O)(=O)Nc2nccs2)cc1)C(=O)c1ccc2ccccc2c1. The highest BCUT2D eigenvalue weighted by molar-refractivity contribution is 7.93. The van der Waals surface area contributed by atoms with Crippen LogP contribution in [0.15, 0.2) is 95.0 Å². The van der Waals surface area contributed by atoms with Crippen LogP contribution < -0.4 is 15.4 Å². The van der Waals surface area contributed by atoms with E-state index in [0.717, 1.165) is 10.8 Å². The summed E-state index contributed by atoms with van der Waals surface area (Å²) in [7, 11) is -3.76. The fraction of sp³-hybridized carbons (Fsp3) is 0. The summed E-state index contributed by atoms with van der Waals surface area (Å²) >= 11 is 6.40. The molecule has 1 heterocycles. The lowest BCUT2D eigenvalue weighted by molar-refractivity contribution is 0.103. The molecule has 0 aliphatic heterocycles. The molecule has 0 radical (unpaired) electrons. The number of sulfonamides is 1. The standard InChI is InChI=1S/C24H17N5O3S3/c25-14-19(22(30)18-6-5-16-3-1-2-4-17(16)13-18)15-27-23(33)28-20-7-9-21(10-8-20)35(31,32)29-24-26-11-12-34-24/h1-13,15H,(H,26,29)(H2,27,28,33). The van der Waals surface area contributed by atoms with E-state index in [2.05, 4.69) is 20.3 Å². The second-order valence-corrected chi connectivity index (χ2v) is 10.1. The predicted molar refractivity (Wildman–Crippen MR) is 141 cm³/mol. The molecule has 1 aromatic heterocycles. The Balaban J connectivity index is 1.40. The summed E-state index contributed by atoms with van der Waals surface area (Å²) in [5, 5.41) is 19.0. The van der Waals surface area contributed by atoms with Crippen molar-refractivity contribution in [1.82, 2.24) is 10.3 Å². The molecule has 3 aromatic carbocycles. The number of anilines is 2. The van der Waals surface area contributed by atoms with E-state index in [9.17, 15) is 18.5 Å². The summed E-state index contributed by atoms with van der Waals surface area (Å²) in [5.41, 5.74) is 0.794. The van der Waals surface area contributed by atoms with Gasteiger partial charge in [0, 0.05) is 29.0 Å². The van der Waals surface area contributed by atoms with Crippen LogP contribution in [0.2, 0.25) is 0 Å². The van der Waals surface area contributed by atoms with Crippen LogP contribution >= 0.6 is 23.6 Å². The van der Waals surface area contributed by atoms with Gasteiger partial charge in [-0.05, 0) is 53.3 Å². The summed E-state index contributed by atoms with van der Waals surface area (Å²) in [6, 6.07) is 20.7. The van der Waals surface area contributed by atoms with Crippen molar-refractivity contribution in [2.45, 2.75) is 4.90 Å². The van der Waals surface area contributed by atoms with Gasteiger partial charge in [-0.15, -0.1) is 11.3 Å². The summed E-state index contributed by atoms with van der Waals surface area (Å²) < 4.78 is 27.2. The number of hydrogen-bond donors (Lipinski definition) is 3. The number of nitriles is 1. The summed E-state index contributed by atoms with van der Waals surface area (Å²) in [4.78, 5) is 16.7. The van der Waals surface area contributed by atoms with Gasteiger partial charge in [-0.1, -0.05) is 36.4 Å². The van der Waals surface area contributed by atoms with Gasteiger partial charge >= 0.3 is 0 Å². The van der Waals surface area contributed by atoms with Crippen molar-refractivity contribution in [3.05, 3.63) is 95.6 Å². The Kier molecular flexibility index (Phi) is 7.17. The van der Waals surface area contributed by atoms with Gasteiger partial charge in [0.15, 0.2) is 10.2 Å². The fourth-order valence-electron chi connectivity index (χ4n) is 3.10.